The second-order valence-corrected chi connectivity index (χ2v) is 4.26. The van der Waals surface area contributed by atoms with Crippen LogP contribution in [0.4, 0.5) is 0 Å². The zero-order chi connectivity index (χ0) is 12.5. The average Bonchev–Trinajstić information content (AvgIpc) is 3.18. The number of aliphatic hydroxyl groups excluding tert-OH is 1. The minimum Gasteiger partial charge on any atom is -0.496 e. The minimum absolute atomic E-state index is 0.103. The maximum atomic E-state index is 11.7. The van der Waals surface area contributed by atoms with Crippen molar-refractivity contribution in [3.05, 3.63) is 29.3 Å². The van der Waals surface area contributed by atoms with Crippen LogP contribution >= 0.6 is 0 Å². The highest BCUT2D eigenvalue weighted by Gasteiger charge is 2.52. The molecule has 0 bridgehead atoms. The van der Waals surface area contributed by atoms with Gasteiger partial charge in [0.05, 0.1) is 26.2 Å². The number of benzene rings is 1. The molecule has 0 atom stereocenters. The van der Waals surface area contributed by atoms with Crippen LogP contribution in [0.3, 0.4) is 0 Å². The molecule has 0 unspecified atom stereocenters. The molecule has 1 aliphatic carbocycles. The molecular formula is C13H16O4. The first-order valence-corrected chi connectivity index (χ1v) is 5.54. The normalized spacial score (nSPS) is 16.4. The molecule has 1 aromatic carbocycles. The molecule has 0 amide bonds. The van der Waals surface area contributed by atoms with Gasteiger partial charge in [-0.2, -0.15) is 0 Å². The summed E-state index contributed by atoms with van der Waals surface area (Å²) in [6, 6.07) is 5.47. The highest BCUT2D eigenvalue weighted by Crippen LogP contribution is 2.49. The van der Waals surface area contributed by atoms with Crippen molar-refractivity contribution in [2.45, 2.75) is 24.9 Å². The van der Waals surface area contributed by atoms with Crippen LogP contribution in [0.15, 0.2) is 18.2 Å². The van der Waals surface area contributed by atoms with Crippen LogP contribution in [-0.2, 0) is 21.6 Å². The molecule has 92 valence electrons. The van der Waals surface area contributed by atoms with Gasteiger partial charge in [-0.05, 0) is 30.5 Å². The van der Waals surface area contributed by atoms with Gasteiger partial charge in [-0.1, -0.05) is 6.07 Å². The summed E-state index contributed by atoms with van der Waals surface area (Å²) in [5, 5.41) is 9.26. The minimum atomic E-state index is -0.495. The van der Waals surface area contributed by atoms with Gasteiger partial charge in [0, 0.05) is 5.56 Å². The summed E-state index contributed by atoms with van der Waals surface area (Å²) in [6.07, 6.45) is 1.60. The fourth-order valence-corrected chi connectivity index (χ4v) is 2.13. The monoisotopic (exact) mass is 236 g/mol. The average molecular weight is 236 g/mol. The second-order valence-electron chi connectivity index (χ2n) is 4.26. The van der Waals surface area contributed by atoms with Crippen molar-refractivity contribution in [1.82, 2.24) is 0 Å². The van der Waals surface area contributed by atoms with Crippen molar-refractivity contribution in [2.24, 2.45) is 0 Å². The van der Waals surface area contributed by atoms with Crippen molar-refractivity contribution >= 4 is 5.97 Å². The van der Waals surface area contributed by atoms with Crippen molar-refractivity contribution in [3.63, 3.8) is 0 Å². The molecule has 2 rings (SSSR count). The maximum Gasteiger partial charge on any atom is 0.316 e. The van der Waals surface area contributed by atoms with E-state index in [-0.39, 0.29) is 12.6 Å². The Bertz CT molecular complexity index is 435. The molecule has 0 saturated heterocycles. The molecule has 1 N–H and O–H groups in total. The van der Waals surface area contributed by atoms with Gasteiger partial charge in [-0.3, -0.25) is 4.79 Å². The van der Waals surface area contributed by atoms with Crippen LogP contribution in [-0.4, -0.2) is 25.3 Å². The molecule has 0 spiro atoms. The predicted molar refractivity (Wildman–Crippen MR) is 61.8 cm³/mol. The third-order valence-electron chi connectivity index (χ3n) is 3.33. The first-order valence-electron chi connectivity index (χ1n) is 5.54. The van der Waals surface area contributed by atoms with Gasteiger partial charge in [-0.25, -0.2) is 0 Å². The molecular weight excluding hydrogens is 220 g/mol. The van der Waals surface area contributed by atoms with E-state index in [9.17, 15) is 9.90 Å². The molecule has 1 fully saturated rings. The Balaban J connectivity index is 2.37. The third kappa shape index (κ3) is 1.89. The van der Waals surface area contributed by atoms with E-state index in [1.807, 2.05) is 12.1 Å². The van der Waals surface area contributed by atoms with Gasteiger partial charge < -0.3 is 14.6 Å². The predicted octanol–water partition coefficient (Wildman–Crippen LogP) is 1.39. The number of esters is 1. The van der Waals surface area contributed by atoms with E-state index in [0.29, 0.717) is 11.3 Å². The summed E-state index contributed by atoms with van der Waals surface area (Å²) in [5.74, 6) is 0.434. The Morgan fingerprint density at radius 3 is 2.59 bits per heavy atom. The summed E-state index contributed by atoms with van der Waals surface area (Å²) in [4.78, 5) is 11.7. The summed E-state index contributed by atoms with van der Waals surface area (Å²) < 4.78 is 9.96. The Morgan fingerprint density at radius 2 is 2.12 bits per heavy atom. The van der Waals surface area contributed by atoms with Crippen molar-refractivity contribution < 1.29 is 19.4 Å². The first kappa shape index (κ1) is 11.9. The zero-order valence-electron chi connectivity index (χ0n) is 10.0. The summed E-state index contributed by atoms with van der Waals surface area (Å²) in [6.45, 7) is -0.103. The van der Waals surface area contributed by atoms with Crippen LogP contribution in [0.5, 0.6) is 5.75 Å². The van der Waals surface area contributed by atoms with Crippen LogP contribution in [0, 0.1) is 0 Å². The number of hydrogen-bond donors (Lipinski definition) is 1. The molecule has 0 aliphatic heterocycles. The molecule has 17 heavy (non-hydrogen) atoms. The molecule has 1 aliphatic rings. The number of rotatable bonds is 4. The summed E-state index contributed by atoms with van der Waals surface area (Å²) in [7, 11) is 2.96. The first-order chi connectivity index (χ1) is 8.17. The number of aliphatic hydroxyl groups is 1. The quantitative estimate of drug-likeness (QED) is 0.803. The SMILES string of the molecule is COC(=O)C1(c2ccc(OC)c(CO)c2)CC1. The number of carbonyl (C=O) groups is 1. The fraction of sp³-hybridized carbons (Fsp3) is 0.462. The molecule has 4 nitrogen and oxygen atoms in total. The van der Waals surface area contributed by atoms with Crippen LogP contribution in [0.2, 0.25) is 0 Å². The van der Waals surface area contributed by atoms with E-state index in [2.05, 4.69) is 0 Å². The molecule has 0 heterocycles. The Hall–Kier alpha value is -1.55. The Morgan fingerprint density at radius 1 is 1.41 bits per heavy atom. The number of carbonyl (C=O) groups excluding carboxylic acids is 1. The smallest absolute Gasteiger partial charge is 0.316 e. The Labute approximate surface area is 100 Å². The highest BCUT2D eigenvalue weighted by atomic mass is 16.5. The zero-order valence-corrected chi connectivity index (χ0v) is 10.0. The molecule has 0 aromatic heterocycles. The largest absolute Gasteiger partial charge is 0.496 e. The van der Waals surface area contributed by atoms with E-state index in [0.717, 1.165) is 18.4 Å². The Kier molecular flexibility index (Phi) is 3.07. The molecule has 1 saturated carbocycles. The highest BCUT2D eigenvalue weighted by molar-refractivity contribution is 5.86. The lowest BCUT2D eigenvalue weighted by Gasteiger charge is -2.15. The van der Waals surface area contributed by atoms with Crippen LogP contribution < -0.4 is 4.74 Å². The van der Waals surface area contributed by atoms with E-state index < -0.39 is 5.41 Å². The van der Waals surface area contributed by atoms with Gasteiger partial charge >= 0.3 is 5.97 Å². The van der Waals surface area contributed by atoms with E-state index in [1.165, 1.54) is 7.11 Å². The maximum absolute atomic E-state index is 11.7. The number of hydrogen-bond acceptors (Lipinski definition) is 4. The third-order valence-corrected chi connectivity index (χ3v) is 3.33. The van der Waals surface area contributed by atoms with Gasteiger partial charge in [0.1, 0.15) is 5.75 Å². The molecule has 4 heteroatoms. The summed E-state index contributed by atoms with van der Waals surface area (Å²) in [5.41, 5.74) is 1.10. The standard InChI is InChI=1S/C13H16O4/c1-16-11-4-3-10(7-9(11)8-14)13(5-6-13)12(15)17-2/h3-4,7,14H,5-6,8H2,1-2H3. The lowest BCUT2D eigenvalue weighted by atomic mass is 9.94. The number of methoxy groups -OCH3 is 2. The van der Waals surface area contributed by atoms with Gasteiger partial charge in [-0.15, -0.1) is 0 Å². The topological polar surface area (TPSA) is 55.8 Å². The van der Waals surface area contributed by atoms with Gasteiger partial charge in [0.15, 0.2) is 0 Å². The number of ether oxygens (including phenoxy) is 2. The second kappa shape index (κ2) is 4.37. The fourth-order valence-electron chi connectivity index (χ4n) is 2.13. The van der Waals surface area contributed by atoms with Gasteiger partial charge in [0.25, 0.3) is 0 Å². The van der Waals surface area contributed by atoms with Crippen LogP contribution in [0.25, 0.3) is 0 Å². The van der Waals surface area contributed by atoms with E-state index in [1.54, 1.807) is 13.2 Å². The van der Waals surface area contributed by atoms with Crippen LogP contribution in [0.1, 0.15) is 24.0 Å². The lowest BCUT2D eigenvalue weighted by molar-refractivity contribution is -0.143. The molecule has 1 aromatic rings. The van der Waals surface area contributed by atoms with Crippen molar-refractivity contribution in [1.29, 1.82) is 0 Å². The van der Waals surface area contributed by atoms with E-state index in [4.69, 9.17) is 9.47 Å². The van der Waals surface area contributed by atoms with Gasteiger partial charge in [0.2, 0.25) is 0 Å². The summed E-state index contributed by atoms with van der Waals surface area (Å²) >= 11 is 0. The van der Waals surface area contributed by atoms with E-state index >= 15 is 0 Å². The molecule has 0 radical (unpaired) electrons. The lowest BCUT2D eigenvalue weighted by Crippen LogP contribution is -2.22. The van der Waals surface area contributed by atoms with Crippen molar-refractivity contribution in [3.8, 4) is 5.75 Å². The van der Waals surface area contributed by atoms with Crippen molar-refractivity contribution in [2.75, 3.05) is 14.2 Å².